The van der Waals surface area contributed by atoms with Gasteiger partial charge in [0.05, 0.1) is 17.5 Å². The fourth-order valence-corrected chi connectivity index (χ4v) is 4.31. The SMILES string of the molecule is O=C(CSc1nc(-c2ccco2)nc2ccccc12)N1CCCCCCC1. The molecule has 1 aromatic carbocycles. The van der Waals surface area contributed by atoms with Gasteiger partial charge in [-0.25, -0.2) is 9.97 Å². The van der Waals surface area contributed by atoms with E-state index in [0.29, 0.717) is 17.3 Å². The minimum Gasteiger partial charge on any atom is -0.461 e. The number of furan rings is 1. The van der Waals surface area contributed by atoms with E-state index in [0.717, 1.165) is 41.9 Å². The van der Waals surface area contributed by atoms with Gasteiger partial charge in [-0.05, 0) is 31.0 Å². The Bertz CT molecular complexity index is 903. The van der Waals surface area contributed by atoms with Crippen molar-refractivity contribution in [3.8, 4) is 11.6 Å². The summed E-state index contributed by atoms with van der Waals surface area (Å²) in [5.41, 5.74) is 0.861. The van der Waals surface area contributed by atoms with Crippen molar-refractivity contribution >= 4 is 28.6 Å². The van der Waals surface area contributed by atoms with Gasteiger partial charge < -0.3 is 9.32 Å². The number of likely N-dealkylation sites (tertiary alicyclic amines) is 1. The van der Waals surface area contributed by atoms with E-state index < -0.39 is 0 Å². The molecule has 0 saturated carbocycles. The number of fused-ring (bicyclic) bond motifs is 1. The molecule has 0 bridgehead atoms. The highest BCUT2D eigenvalue weighted by atomic mass is 32.2. The van der Waals surface area contributed by atoms with Gasteiger partial charge in [0.15, 0.2) is 11.6 Å². The number of thioether (sulfide) groups is 1. The number of hydrogen-bond acceptors (Lipinski definition) is 5. The van der Waals surface area contributed by atoms with Crippen LogP contribution in [0.1, 0.15) is 32.1 Å². The summed E-state index contributed by atoms with van der Waals surface area (Å²) in [6.45, 7) is 1.75. The topological polar surface area (TPSA) is 59.2 Å². The zero-order chi connectivity index (χ0) is 18.5. The lowest BCUT2D eigenvalue weighted by Crippen LogP contribution is -2.35. The maximum Gasteiger partial charge on any atom is 0.232 e. The first-order chi connectivity index (χ1) is 13.3. The molecule has 5 nitrogen and oxygen atoms in total. The summed E-state index contributed by atoms with van der Waals surface area (Å²) >= 11 is 1.49. The summed E-state index contributed by atoms with van der Waals surface area (Å²) in [4.78, 5) is 24.0. The van der Waals surface area contributed by atoms with Crippen LogP contribution in [0.25, 0.3) is 22.5 Å². The molecule has 0 atom stereocenters. The lowest BCUT2D eigenvalue weighted by atomic mass is 10.1. The molecule has 2 aromatic heterocycles. The maximum atomic E-state index is 12.7. The summed E-state index contributed by atoms with van der Waals surface area (Å²) in [6, 6.07) is 11.6. The van der Waals surface area contributed by atoms with Crippen LogP contribution in [0.4, 0.5) is 0 Å². The van der Waals surface area contributed by atoms with Gasteiger partial charge in [0.25, 0.3) is 0 Å². The van der Waals surface area contributed by atoms with Crippen molar-refractivity contribution in [2.45, 2.75) is 37.1 Å². The second-order valence-corrected chi connectivity index (χ2v) is 7.75. The van der Waals surface area contributed by atoms with Crippen molar-refractivity contribution in [2.24, 2.45) is 0 Å². The second-order valence-electron chi connectivity index (χ2n) is 6.78. The van der Waals surface area contributed by atoms with E-state index >= 15 is 0 Å². The molecule has 1 aliphatic rings. The number of carbonyl (C=O) groups excluding carboxylic acids is 1. The summed E-state index contributed by atoms with van der Waals surface area (Å²) < 4.78 is 5.46. The van der Waals surface area contributed by atoms with E-state index in [1.54, 1.807) is 6.26 Å². The Balaban J connectivity index is 1.54. The van der Waals surface area contributed by atoms with E-state index in [-0.39, 0.29) is 5.91 Å². The zero-order valence-electron chi connectivity index (χ0n) is 15.3. The van der Waals surface area contributed by atoms with Crippen LogP contribution in [0.3, 0.4) is 0 Å². The molecule has 1 amide bonds. The Labute approximate surface area is 163 Å². The lowest BCUT2D eigenvalue weighted by Gasteiger charge is -2.24. The second kappa shape index (κ2) is 8.57. The maximum absolute atomic E-state index is 12.7. The first-order valence-corrected chi connectivity index (χ1v) is 10.5. The fourth-order valence-electron chi connectivity index (χ4n) is 3.39. The molecule has 4 rings (SSSR count). The largest absolute Gasteiger partial charge is 0.461 e. The lowest BCUT2D eigenvalue weighted by molar-refractivity contribution is -0.128. The Kier molecular flexibility index (Phi) is 5.72. The Hall–Kier alpha value is -2.34. The molecule has 3 aromatic rings. The van der Waals surface area contributed by atoms with E-state index in [1.807, 2.05) is 41.3 Å². The normalized spacial score (nSPS) is 15.5. The van der Waals surface area contributed by atoms with E-state index in [1.165, 1.54) is 31.0 Å². The monoisotopic (exact) mass is 381 g/mol. The summed E-state index contributed by atoms with van der Waals surface area (Å²) in [5.74, 6) is 1.79. The first kappa shape index (κ1) is 18.0. The Morgan fingerprint density at radius 2 is 1.78 bits per heavy atom. The highest BCUT2D eigenvalue weighted by molar-refractivity contribution is 8.00. The number of nitrogens with zero attached hydrogens (tertiary/aromatic N) is 3. The van der Waals surface area contributed by atoms with Gasteiger partial charge in [-0.3, -0.25) is 4.79 Å². The molecule has 27 heavy (non-hydrogen) atoms. The minimum atomic E-state index is 0.198. The van der Waals surface area contributed by atoms with Crippen LogP contribution in [-0.2, 0) is 4.79 Å². The van der Waals surface area contributed by atoms with Crippen molar-refractivity contribution in [3.05, 3.63) is 42.7 Å². The average molecular weight is 382 g/mol. The van der Waals surface area contributed by atoms with Gasteiger partial charge in [0, 0.05) is 18.5 Å². The molecule has 0 aliphatic carbocycles. The van der Waals surface area contributed by atoms with Crippen LogP contribution in [0.2, 0.25) is 0 Å². The predicted octanol–water partition coefficient (Wildman–Crippen LogP) is 4.77. The summed E-state index contributed by atoms with van der Waals surface area (Å²) in [7, 11) is 0. The Morgan fingerprint density at radius 3 is 2.56 bits per heavy atom. The predicted molar refractivity (Wildman–Crippen MR) is 108 cm³/mol. The third-order valence-corrected chi connectivity index (χ3v) is 5.83. The van der Waals surface area contributed by atoms with Crippen LogP contribution in [0.5, 0.6) is 0 Å². The molecule has 0 radical (unpaired) electrons. The van der Waals surface area contributed by atoms with Gasteiger partial charge in [-0.1, -0.05) is 49.2 Å². The standard InChI is InChI=1S/C21H23N3O2S/c25-19(24-12-6-2-1-3-7-13-24)15-27-21-16-9-4-5-10-17(16)22-20(23-21)18-11-8-14-26-18/h4-5,8-11,14H,1-3,6-7,12-13,15H2. The molecular weight excluding hydrogens is 358 g/mol. The van der Waals surface area contributed by atoms with Gasteiger partial charge in [0.2, 0.25) is 5.91 Å². The third kappa shape index (κ3) is 4.33. The summed E-state index contributed by atoms with van der Waals surface area (Å²) in [6.07, 6.45) is 7.57. The molecule has 0 N–H and O–H groups in total. The van der Waals surface area contributed by atoms with Gasteiger partial charge in [0.1, 0.15) is 5.03 Å². The van der Waals surface area contributed by atoms with E-state index in [2.05, 4.69) is 9.97 Å². The summed E-state index contributed by atoms with van der Waals surface area (Å²) in [5, 5.41) is 1.80. The van der Waals surface area contributed by atoms with Crippen LogP contribution in [-0.4, -0.2) is 39.6 Å². The van der Waals surface area contributed by atoms with Crippen LogP contribution >= 0.6 is 11.8 Å². The van der Waals surface area contributed by atoms with Crippen LogP contribution in [0.15, 0.2) is 52.1 Å². The number of carbonyl (C=O) groups is 1. The molecular formula is C21H23N3O2S. The number of amides is 1. The third-order valence-electron chi connectivity index (χ3n) is 4.85. The number of para-hydroxylation sites is 1. The minimum absolute atomic E-state index is 0.198. The van der Waals surface area contributed by atoms with Crippen molar-refractivity contribution in [2.75, 3.05) is 18.8 Å². The number of aromatic nitrogens is 2. The highest BCUT2D eigenvalue weighted by Crippen LogP contribution is 2.29. The molecule has 0 spiro atoms. The fraction of sp³-hybridized carbons (Fsp3) is 0.381. The van der Waals surface area contributed by atoms with E-state index in [4.69, 9.17) is 4.42 Å². The van der Waals surface area contributed by atoms with Crippen LogP contribution < -0.4 is 0 Å². The molecule has 1 aliphatic heterocycles. The number of rotatable bonds is 4. The smallest absolute Gasteiger partial charge is 0.232 e. The van der Waals surface area contributed by atoms with E-state index in [9.17, 15) is 4.79 Å². The quantitative estimate of drug-likeness (QED) is 0.481. The van der Waals surface area contributed by atoms with Gasteiger partial charge >= 0.3 is 0 Å². The average Bonchev–Trinajstić information content (AvgIpc) is 3.20. The highest BCUT2D eigenvalue weighted by Gasteiger charge is 2.17. The van der Waals surface area contributed by atoms with Crippen molar-refractivity contribution < 1.29 is 9.21 Å². The molecule has 0 unspecified atom stereocenters. The van der Waals surface area contributed by atoms with Gasteiger partial charge in [-0.15, -0.1) is 0 Å². The molecule has 3 heterocycles. The molecule has 140 valence electrons. The molecule has 1 saturated heterocycles. The molecule has 1 fully saturated rings. The number of hydrogen-bond donors (Lipinski definition) is 0. The van der Waals surface area contributed by atoms with Crippen LogP contribution in [0, 0.1) is 0 Å². The molecule has 6 heteroatoms. The van der Waals surface area contributed by atoms with Crippen molar-refractivity contribution in [1.29, 1.82) is 0 Å². The zero-order valence-corrected chi connectivity index (χ0v) is 16.1. The van der Waals surface area contributed by atoms with Gasteiger partial charge in [-0.2, -0.15) is 0 Å². The van der Waals surface area contributed by atoms with Crippen molar-refractivity contribution in [1.82, 2.24) is 14.9 Å². The van der Waals surface area contributed by atoms with Crippen molar-refractivity contribution in [3.63, 3.8) is 0 Å². The number of benzene rings is 1. The first-order valence-electron chi connectivity index (χ1n) is 9.52. The Morgan fingerprint density at radius 1 is 1.00 bits per heavy atom.